The molecular formula is C11H9FN2. The zero-order valence-electron chi connectivity index (χ0n) is 7.44. The quantitative estimate of drug-likeness (QED) is 0.698. The van der Waals surface area contributed by atoms with Gasteiger partial charge in [0.2, 0.25) is 0 Å². The molecule has 2 rings (SSSR count). The summed E-state index contributed by atoms with van der Waals surface area (Å²) in [5.74, 6) is -0.397. The fraction of sp³-hybridized carbons (Fsp3) is 0. The number of nitrogens with zero attached hydrogens (tertiary/aromatic N) is 1. The van der Waals surface area contributed by atoms with E-state index in [1.54, 1.807) is 24.5 Å². The summed E-state index contributed by atoms with van der Waals surface area (Å²) < 4.78 is 13.1. The second-order valence-corrected chi connectivity index (χ2v) is 2.98. The molecular weight excluding hydrogens is 179 g/mol. The van der Waals surface area contributed by atoms with Crippen LogP contribution in [0.2, 0.25) is 0 Å². The number of hydrogen-bond donors (Lipinski definition) is 1. The lowest BCUT2D eigenvalue weighted by atomic mass is 10.1. The van der Waals surface area contributed by atoms with Gasteiger partial charge in [-0.3, -0.25) is 4.98 Å². The van der Waals surface area contributed by atoms with Crippen LogP contribution in [-0.4, -0.2) is 4.98 Å². The van der Waals surface area contributed by atoms with Crippen molar-refractivity contribution >= 4 is 5.69 Å². The molecule has 2 nitrogen and oxygen atoms in total. The highest BCUT2D eigenvalue weighted by atomic mass is 19.1. The smallest absolute Gasteiger partial charge is 0.146 e. The Bertz CT molecular complexity index is 440. The molecule has 0 aliphatic rings. The van der Waals surface area contributed by atoms with Gasteiger partial charge in [0.05, 0.1) is 5.69 Å². The third kappa shape index (κ3) is 1.57. The first-order valence-corrected chi connectivity index (χ1v) is 4.23. The first-order chi connectivity index (χ1) is 6.77. The van der Waals surface area contributed by atoms with Crippen LogP contribution in [0.5, 0.6) is 0 Å². The Morgan fingerprint density at radius 2 is 2.00 bits per heavy atom. The monoisotopic (exact) mass is 188 g/mol. The molecule has 2 aromatic rings. The molecule has 0 radical (unpaired) electrons. The second-order valence-electron chi connectivity index (χ2n) is 2.98. The number of nitrogens with two attached hydrogens (primary N) is 1. The van der Waals surface area contributed by atoms with Gasteiger partial charge in [0, 0.05) is 18.0 Å². The van der Waals surface area contributed by atoms with Gasteiger partial charge in [-0.1, -0.05) is 12.1 Å². The van der Waals surface area contributed by atoms with Gasteiger partial charge >= 0.3 is 0 Å². The standard InChI is InChI=1S/C11H9FN2/c12-10-6-8(3-4-11(10)13)9-2-1-5-14-7-9/h1-7H,13H2. The Balaban J connectivity index is 2.48. The molecule has 0 aliphatic heterocycles. The highest BCUT2D eigenvalue weighted by Gasteiger charge is 2.01. The Labute approximate surface area is 81.2 Å². The summed E-state index contributed by atoms with van der Waals surface area (Å²) >= 11 is 0. The van der Waals surface area contributed by atoms with Gasteiger partial charge in [-0.05, 0) is 23.8 Å². The SMILES string of the molecule is Nc1ccc(-c2cccnc2)cc1F. The van der Waals surface area contributed by atoms with Crippen LogP contribution in [0.15, 0.2) is 42.7 Å². The summed E-state index contributed by atoms with van der Waals surface area (Å²) in [5.41, 5.74) is 7.20. The first kappa shape index (κ1) is 8.69. The van der Waals surface area contributed by atoms with Crippen LogP contribution in [0.4, 0.5) is 10.1 Å². The van der Waals surface area contributed by atoms with Crippen molar-refractivity contribution in [1.82, 2.24) is 4.98 Å². The minimum absolute atomic E-state index is 0.164. The molecule has 0 saturated carbocycles. The molecule has 14 heavy (non-hydrogen) atoms. The van der Waals surface area contributed by atoms with E-state index in [4.69, 9.17) is 5.73 Å². The summed E-state index contributed by atoms with van der Waals surface area (Å²) in [6.45, 7) is 0. The van der Waals surface area contributed by atoms with E-state index in [1.807, 2.05) is 12.1 Å². The van der Waals surface area contributed by atoms with Gasteiger partial charge in [-0.25, -0.2) is 4.39 Å². The summed E-state index contributed by atoms with van der Waals surface area (Å²) in [7, 11) is 0. The fourth-order valence-corrected chi connectivity index (χ4v) is 1.24. The molecule has 3 heteroatoms. The van der Waals surface area contributed by atoms with Crippen molar-refractivity contribution in [3.8, 4) is 11.1 Å². The number of pyridine rings is 1. The van der Waals surface area contributed by atoms with E-state index >= 15 is 0 Å². The molecule has 1 heterocycles. The molecule has 2 N–H and O–H groups in total. The number of nitrogen functional groups attached to an aromatic ring is 1. The lowest BCUT2D eigenvalue weighted by molar-refractivity contribution is 0.633. The Kier molecular flexibility index (Phi) is 2.14. The number of rotatable bonds is 1. The number of benzene rings is 1. The van der Waals surface area contributed by atoms with E-state index in [0.29, 0.717) is 0 Å². The average Bonchev–Trinajstić information content (AvgIpc) is 2.23. The normalized spacial score (nSPS) is 10.1. The first-order valence-electron chi connectivity index (χ1n) is 4.23. The molecule has 1 aromatic carbocycles. The maximum absolute atomic E-state index is 13.1. The predicted molar refractivity (Wildman–Crippen MR) is 54.0 cm³/mol. The number of hydrogen-bond acceptors (Lipinski definition) is 2. The van der Waals surface area contributed by atoms with E-state index in [-0.39, 0.29) is 5.69 Å². The van der Waals surface area contributed by atoms with Crippen LogP contribution in [0.1, 0.15) is 0 Å². The van der Waals surface area contributed by atoms with Crippen LogP contribution in [0, 0.1) is 5.82 Å². The van der Waals surface area contributed by atoms with Crippen molar-refractivity contribution in [3.05, 3.63) is 48.5 Å². The van der Waals surface area contributed by atoms with E-state index in [0.717, 1.165) is 11.1 Å². The van der Waals surface area contributed by atoms with E-state index in [1.165, 1.54) is 6.07 Å². The Morgan fingerprint density at radius 3 is 2.64 bits per heavy atom. The summed E-state index contributed by atoms with van der Waals surface area (Å²) in [6, 6.07) is 8.42. The topological polar surface area (TPSA) is 38.9 Å². The molecule has 0 amide bonds. The highest BCUT2D eigenvalue weighted by Crippen LogP contribution is 2.21. The summed E-state index contributed by atoms with van der Waals surface area (Å²) in [4.78, 5) is 3.96. The van der Waals surface area contributed by atoms with Crippen LogP contribution in [0.25, 0.3) is 11.1 Å². The lowest BCUT2D eigenvalue weighted by Gasteiger charge is -2.02. The van der Waals surface area contributed by atoms with Crippen molar-refractivity contribution in [2.75, 3.05) is 5.73 Å². The highest BCUT2D eigenvalue weighted by molar-refractivity contribution is 5.64. The fourth-order valence-electron chi connectivity index (χ4n) is 1.24. The molecule has 0 aliphatic carbocycles. The summed E-state index contributed by atoms with van der Waals surface area (Å²) in [5, 5.41) is 0. The van der Waals surface area contributed by atoms with Gasteiger partial charge in [-0.15, -0.1) is 0 Å². The average molecular weight is 188 g/mol. The molecule has 1 aromatic heterocycles. The Morgan fingerprint density at radius 1 is 1.14 bits per heavy atom. The van der Waals surface area contributed by atoms with Gasteiger partial charge in [0.25, 0.3) is 0 Å². The maximum Gasteiger partial charge on any atom is 0.146 e. The Hall–Kier alpha value is -1.90. The van der Waals surface area contributed by atoms with Crippen molar-refractivity contribution < 1.29 is 4.39 Å². The van der Waals surface area contributed by atoms with Crippen LogP contribution in [0.3, 0.4) is 0 Å². The zero-order valence-corrected chi connectivity index (χ0v) is 7.44. The van der Waals surface area contributed by atoms with Gasteiger partial charge in [0.15, 0.2) is 0 Å². The minimum Gasteiger partial charge on any atom is -0.396 e. The lowest BCUT2D eigenvalue weighted by Crippen LogP contribution is -1.90. The summed E-state index contributed by atoms with van der Waals surface area (Å²) in [6.07, 6.45) is 3.36. The molecule has 0 spiro atoms. The second kappa shape index (κ2) is 3.46. The van der Waals surface area contributed by atoms with Crippen molar-refractivity contribution in [3.63, 3.8) is 0 Å². The largest absolute Gasteiger partial charge is 0.396 e. The third-order valence-electron chi connectivity index (χ3n) is 2.00. The molecule has 0 atom stereocenters. The molecule has 0 unspecified atom stereocenters. The number of aromatic nitrogens is 1. The number of anilines is 1. The maximum atomic E-state index is 13.1. The van der Waals surface area contributed by atoms with E-state index < -0.39 is 5.82 Å². The van der Waals surface area contributed by atoms with Crippen LogP contribution < -0.4 is 5.73 Å². The van der Waals surface area contributed by atoms with E-state index in [2.05, 4.69) is 4.98 Å². The van der Waals surface area contributed by atoms with Gasteiger partial charge < -0.3 is 5.73 Å². The zero-order chi connectivity index (χ0) is 9.97. The van der Waals surface area contributed by atoms with Crippen molar-refractivity contribution in [1.29, 1.82) is 0 Å². The van der Waals surface area contributed by atoms with Crippen LogP contribution >= 0.6 is 0 Å². The van der Waals surface area contributed by atoms with Crippen molar-refractivity contribution in [2.24, 2.45) is 0 Å². The van der Waals surface area contributed by atoms with Gasteiger partial charge in [-0.2, -0.15) is 0 Å². The predicted octanol–water partition coefficient (Wildman–Crippen LogP) is 2.47. The third-order valence-corrected chi connectivity index (χ3v) is 2.00. The number of halogens is 1. The van der Waals surface area contributed by atoms with Gasteiger partial charge in [0.1, 0.15) is 5.82 Å². The molecule has 0 bridgehead atoms. The molecule has 0 saturated heterocycles. The van der Waals surface area contributed by atoms with E-state index in [9.17, 15) is 4.39 Å². The van der Waals surface area contributed by atoms with Crippen molar-refractivity contribution in [2.45, 2.75) is 0 Å². The molecule has 70 valence electrons. The van der Waals surface area contributed by atoms with Crippen LogP contribution in [-0.2, 0) is 0 Å². The molecule has 0 fully saturated rings. The minimum atomic E-state index is -0.397.